The van der Waals surface area contributed by atoms with Crippen LogP contribution in [0.25, 0.3) is 10.9 Å². The molecule has 4 atom stereocenters. The van der Waals surface area contributed by atoms with E-state index in [-0.39, 0.29) is 11.9 Å². The lowest BCUT2D eigenvalue weighted by Crippen LogP contribution is -2.33. The highest BCUT2D eigenvalue weighted by Crippen LogP contribution is 2.60. The van der Waals surface area contributed by atoms with Gasteiger partial charge in [-0.3, -0.25) is 9.89 Å². The number of aromatic nitrogens is 2. The molecular weight excluding hydrogens is 362 g/mol. The van der Waals surface area contributed by atoms with Crippen molar-refractivity contribution < 1.29 is 9.90 Å². The van der Waals surface area contributed by atoms with Gasteiger partial charge in [-0.2, -0.15) is 5.10 Å². The number of H-pyrrole nitrogens is 1. The summed E-state index contributed by atoms with van der Waals surface area (Å²) in [5.74, 6) is 0.509. The van der Waals surface area contributed by atoms with Crippen molar-refractivity contribution in [3.8, 4) is 0 Å². The number of benzene rings is 2. The Morgan fingerprint density at radius 3 is 2.81 bits per heavy atom. The molecule has 5 nitrogen and oxygen atoms in total. The molecule has 3 N–H and O–H groups in total. The van der Waals surface area contributed by atoms with Crippen LogP contribution in [-0.4, -0.2) is 27.3 Å². The van der Waals surface area contributed by atoms with Gasteiger partial charge in [0.2, 0.25) is 0 Å². The first kappa shape index (κ1) is 16.8. The number of carbonyl (C=O) groups is 1. The molecule has 138 valence electrons. The number of hydrogen-bond acceptors (Lipinski definition) is 3. The van der Waals surface area contributed by atoms with E-state index in [1.807, 2.05) is 13.0 Å². The lowest BCUT2D eigenvalue weighted by atomic mass is 9.85. The van der Waals surface area contributed by atoms with Crippen molar-refractivity contribution in [3.05, 3.63) is 64.3 Å². The van der Waals surface area contributed by atoms with Gasteiger partial charge in [-0.05, 0) is 67.0 Å². The minimum atomic E-state index is -0.860. The molecule has 2 aliphatic rings. The Balaban J connectivity index is 1.33. The van der Waals surface area contributed by atoms with Gasteiger partial charge in [-0.15, -0.1) is 0 Å². The second kappa shape index (κ2) is 5.81. The van der Waals surface area contributed by atoms with Crippen LogP contribution in [0.15, 0.2) is 42.6 Å². The second-order valence-electron chi connectivity index (χ2n) is 7.92. The molecule has 0 aliphatic heterocycles. The highest BCUT2D eigenvalue weighted by molar-refractivity contribution is 6.30. The van der Waals surface area contributed by atoms with Gasteiger partial charge in [-0.1, -0.05) is 23.7 Å². The molecule has 1 aromatic heterocycles. The maximum Gasteiger partial charge on any atom is 0.251 e. The minimum absolute atomic E-state index is 0.103. The fourth-order valence-corrected chi connectivity index (χ4v) is 4.93. The van der Waals surface area contributed by atoms with Gasteiger partial charge in [0.1, 0.15) is 0 Å². The molecule has 27 heavy (non-hydrogen) atoms. The van der Waals surface area contributed by atoms with E-state index in [0.29, 0.717) is 35.3 Å². The van der Waals surface area contributed by atoms with E-state index in [1.165, 1.54) is 0 Å². The number of hydrogen-bond donors (Lipinski definition) is 3. The van der Waals surface area contributed by atoms with Crippen molar-refractivity contribution in [2.24, 2.45) is 11.8 Å². The molecule has 0 bridgehead atoms. The number of amides is 1. The fourth-order valence-electron chi connectivity index (χ4n) is 4.74. The van der Waals surface area contributed by atoms with Crippen LogP contribution in [0.4, 0.5) is 0 Å². The summed E-state index contributed by atoms with van der Waals surface area (Å²) in [6.07, 6.45) is 3.09. The predicted octanol–water partition coefficient (Wildman–Crippen LogP) is 3.55. The zero-order chi connectivity index (χ0) is 18.8. The van der Waals surface area contributed by atoms with Gasteiger partial charge in [-0.25, -0.2) is 0 Å². The van der Waals surface area contributed by atoms with E-state index in [0.717, 1.165) is 22.0 Å². The molecule has 0 saturated heterocycles. The predicted molar refractivity (Wildman–Crippen MR) is 104 cm³/mol. The third kappa shape index (κ3) is 2.73. The lowest BCUT2D eigenvalue weighted by Gasteiger charge is -2.27. The van der Waals surface area contributed by atoms with Gasteiger partial charge in [0.15, 0.2) is 0 Å². The van der Waals surface area contributed by atoms with Crippen molar-refractivity contribution in [3.63, 3.8) is 0 Å². The molecule has 1 heterocycles. The molecule has 3 aromatic rings. The molecule has 5 rings (SSSR count). The summed E-state index contributed by atoms with van der Waals surface area (Å²) in [6, 6.07) is 11.2. The minimum Gasteiger partial charge on any atom is -0.385 e. The van der Waals surface area contributed by atoms with Crippen molar-refractivity contribution >= 4 is 28.4 Å². The highest BCUT2D eigenvalue weighted by atomic mass is 35.5. The van der Waals surface area contributed by atoms with Crippen LogP contribution >= 0.6 is 11.6 Å². The first-order valence-electron chi connectivity index (χ1n) is 9.18. The Kier molecular flexibility index (Phi) is 3.61. The largest absolute Gasteiger partial charge is 0.385 e. The number of nitrogens with one attached hydrogen (secondary N) is 2. The van der Waals surface area contributed by atoms with Gasteiger partial charge in [0.05, 0.1) is 17.3 Å². The molecule has 6 heteroatoms. The number of aliphatic hydroxyl groups is 1. The third-order valence-corrected chi connectivity index (χ3v) is 6.30. The lowest BCUT2D eigenvalue weighted by molar-refractivity contribution is 0.0292. The standard InChI is InChI=1S/C21H20ClN3O2/c1-11-5-17(16-10-23-25-18(16)6-11)21(27)8-14-15(9-21)19(14)24-20(26)12-3-2-4-13(22)7-12/h2-7,10,14-15,19,27H,8-9H2,1H3,(H,23,25)(H,24,26)/t14-,15+,19?,21?. The Bertz CT molecular complexity index is 1050. The van der Waals surface area contributed by atoms with E-state index in [4.69, 9.17) is 11.6 Å². The molecule has 1 amide bonds. The summed E-state index contributed by atoms with van der Waals surface area (Å²) >= 11 is 5.97. The number of fused-ring (bicyclic) bond motifs is 2. The summed E-state index contributed by atoms with van der Waals surface area (Å²) in [4.78, 5) is 12.4. The summed E-state index contributed by atoms with van der Waals surface area (Å²) in [6.45, 7) is 2.02. The maximum absolute atomic E-state index is 12.4. The summed E-state index contributed by atoms with van der Waals surface area (Å²) in [5.41, 5.74) is 2.70. The van der Waals surface area contributed by atoms with E-state index in [2.05, 4.69) is 21.6 Å². The van der Waals surface area contributed by atoms with Crippen LogP contribution in [-0.2, 0) is 5.60 Å². The molecular formula is C21H20ClN3O2. The SMILES string of the molecule is Cc1cc(C2(O)C[C@@H]3C(NC(=O)c4cccc(Cl)c4)[C@@H]3C2)c2cn[nH]c2c1. The van der Waals surface area contributed by atoms with Crippen LogP contribution < -0.4 is 5.32 Å². The number of halogens is 1. The zero-order valence-corrected chi connectivity index (χ0v) is 15.6. The average molecular weight is 382 g/mol. The highest BCUT2D eigenvalue weighted by Gasteiger charge is 2.62. The first-order chi connectivity index (χ1) is 12.9. The van der Waals surface area contributed by atoms with Crippen LogP contribution in [0.3, 0.4) is 0 Å². The van der Waals surface area contributed by atoms with Crippen LogP contribution in [0, 0.1) is 18.8 Å². The summed E-state index contributed by atoms with van der Waals surface area (Å²) in [5, 5.41) is 23.1. The van der Waals surface area contributed by atoms with Crippen LogP contribution in [0.1, 0.15) is 34.3 Å². The first-order valence-corrected chi connectivity index (χ1v) is 9.55. The Morgan fingerprint density at radius 1 is 1.30 bits per heavy atom. The Morgan fingerprint density at radius 2 is 2.07 bits per heavy atom. The molecule has 2 aliphatic carbocycles. The van der Waals surface area contributed by atoms with Crippen molar-refractivity contribution in [1.29, 1.82) is 0 Å². The van der Waals surface area contributed by atoms with E-state index >= 15 is 0 Å². The van der Waals surface area contributed by atoms with E-state index < -0.39 is 5.60 Å². The van der Waals surface area contributed by atoms with Crippen molar-refractivity contribution in [2.45, 2.75) is 31.4 Å². The molecule has 2 saturated carbocycles. The normalized spacial score (nSPS) is 28.9. The summed E-state index contributed by atoms with van der Waals surface area (Å²) < 4.78 is 0. The molecule has 0 radical (unpaired) electrons. The molecule has 2 fully saturated rings. The molecule has 2 unspecified atom stereocenters. The fraction of sp³-hybridized carbons (Fsp3) is 0.333. The summed E-state index contributed by atoms with van der Waals surface area (Å²) in [7, 11) is 0. The van der Waals surface area contributed by atoms with Crippen molar-refractivity contribution in [1.82, 2.24) is 15.5 Å². The maximum atomic E-state index is 12.4. The van der Waals surface area contributed by atoms with Gasteiger partial charge in [0.25, 0.3) is 5.91 Å². The number of rotatable bonds is 3. The van der Waals surface area contributed by atoms with Gasteiger partial charge >= 0.3 is 0 Å². The smallest absolute Gasteiger partial charge is 0.251 e. The molecule has 2 aromatic carbocycles. The molecule has 0 spiro atoms. The Hall–Kier alpha value is -2.37. The third-order valence-electron chi connectivity index (χ3n) is 6.07. The number of nitrogens with zero attached hydrogens (tertiary/aromatic N) is 1. The quantitative estimate of drug-likeness (QED) is 0.649. The van der Waals surface area contributed by atoms with Crippen LogP contribution in [0.5, 0.6) is 0 Å². The second-order valence-corrected chi connectivity index (χ2v) is 8.36. The van der Waals surface area contributed by atoms with Gasteiger partial charge in [0, 0.05) is 22.0 Å². The van der Waals surface area contributed by atoms with Gasteiger partial charge < -0.3 is 10.4 Å². The Labute approximate surface area is 161 Å². The van der Waals surface area contributed by atoms with Crippen LogP contribution in [0.2, 0.25) is 5.02 Å². The zero-order valence-electron chi connectivity index (χ0n) is 14.9. The van der Waals surface area contributed by atoms with Crippen molar-refractivity contribution in [2.75, 3.05) is 0 Å². The number of aromatic amines is 1. The topological polar surface area (TPSA) is 78.0 Å². The number of carbonyl (C=O) groups excluding carboxylic acids is 1. The monoisotopic (exact) mass is 381 g/mol. The average Bonchev–Trinajstić information content (AvgIpc) is 3.01. The number of aryl methyl sites for hydroxylation is 1. The van der Waals surface area contributed by atoms with E-state index in [9.17, 15) is 9.90 Å². The van der Waals surface area contributed by atoms with E-state index in [1.54, 1.807) is 30.5 Å².